The van der Waals surface area contributed by atoms with Crippen molar-refractivity contribution in [2.24, 2.45) is 0 Å². The molecule has 0 radical (unpaired) electrons. The van der Waals surface area contributed by atoms with Crippen LogP contribution in [0.2, 0.25) is 0 Å². The smallest absolute Gasteiger partial charge is 0.213 e. The summed E-state index contributed by atoms with van der Waals surface area (Å²) in [6.45, 7) is 0.197. The van der Waals surface area contributed by atoms with Crippen molar-refractivity contribution < 1.29 is 4.79 Å². The Bertz CT molecular complexity index is 271. The van der Waals surface area contributed by atoms with Gasteiger partial charge < -0.3 is 9.36 Å². The van der Waals surface area contributed by atoms with Crippen LogP contribution in [0.1, 0.15) is 5.82 Å². The maximum Gasteiger partial charge on any atom is 0.213 e. The van der Waals surface area contributed by atoms with E-state index in [0.29, 0.717) is 0 Å². The minimum Gasteiger partial charge on any atom is -0.316 e. The van der Waals surface area contributed by atoms with Gasteiger partial charge in [0.1, 0.15) is 12.4 Å². The number of rotatable bonds is 2. The Kier molecular flexibility index (Phi) is 1.80. The van der Waals surface area contributed by atoms with E-state index < -0.39 is 0 Å². The van der Waals surface area contributed by atoms with E-state index >= 15 is 0 Å². The van der Waals surface area contributed by atoms with Crippen LogP contribution in [-0.2, 0) is 11.3 Å². The molecule has 4 heteroatoms. The normalized spacial score (nSPS) is 8.70. The maximum atomic E-state index is 9.98. The molecule has 50 valence electrons. The van der Waals surface area contributed by atoms with Crippen LogP contribution < -0.4 is 0 Å². The van der Waals surface area contributed by atoms with Gasteiger partial charge in [-0.25, -0.2) is 4.98 Å². The molecular weight excluding hydrogens is 130 g/mol. The standard InChI is InChI=1S/C6H5N3O/c7-5-6-8-1-2-9(6)3-4-10/h1-2,4H,3H2. The van der Waals surface area contributed by atoms with Crippen molar-refractivity contribution in [3.63, 3.8) is 0 Å². The van der Waals surface area contributed by atoms with Crippen molar-refractivity contribution in [3.8, 4) is 6.07 Å². The molecule has 0 bridgehead atoms. The van der Waals surface area contributed by atoms with Crippen molar-refractivity contribution >= 4 is 6.29 Å². The summed E-state index contributed by atoms with van der Waals surface area (Å²) < 4.78 is 1.48. The van der Waals surface area contributed by atoms with E-state index in [1.165, 1.54) is 10.8 Å². The molecule has 1 rings (SSSR count). The van der Waals surface area contributed by atoms with Crippen molar-refractivity contribution in [1.29, 1.82) is 5.26 Å². The molecule has 1 heterocycles. The number of nitriles is 1. The third kappa shape index (κ3) is 1.03. The fourth-order valence-electron chi connectivity index (χ4n) is 0.650. The zero-order chi connectivity index (χ0) is 7.40. The number of hydrogen-bond acceptors (Lipinski definition) is 3. The van der Waals surface area contributed by atoms with E-state index in [9.17, 15) is 4.79 Å². The van der Waals surface area contributed by atoms with Crippen molar-refractivity contribution in [2.75, 3.05) is 0 Å². The average Bonchev–Trinajstić information content (AvgIpc) is 2.36. The molecule has 0 saturated heterocycles. The number of carbonyl (C=O) groups excluding carboxylic acids is 1. The fourth-order valence-corrected chi connectivity index (χ4v) is 0.650. The third-order valence-corrected chi connectivity index (χ3v) is 1.09. The summed E-state index contributed by atoms with van der Waals surface area (Å²) in [5.41, 5.74) is 0. The molecule has 0 aromatic carbocycles. The predicted molar refractivity (Wildman–Crippen MR) is 33.0 cm³/mol. The van der Waals surface area contributed by atoms with Gasteiger partial charge in [0.15, 0.2) is 0 Å². The first-order valence-electron chi connectivity index (χ1n) is 2.73. The van der Waals surface area contributed by atoms with E-state index in [2.05, 4.69) is 4.98 Å². The summed E-state index contributed by atoms with van der Waals surface area (Å²) in [4.78, 5) is 13.7. The number of nitrogens with zero attached hydrogens (tertiary/aromatic N) is 3. The Labute approximate surface area is 57.7 Å². The first-order valence-corrected chi connectivity index (χ1v) is 2.73. The lowest BCUT2D eigenvalue weighted by molar-refractivity contribution is -0.108. The molecule has 0 saturated carbocycles. The molecular formula is C6H5N3O. The van der Waals surface area contributed by atoms with Crippen LogP contribution in [0.4, 0.5) is 0 Å². The lowest BCUT2D eigenvalue weighted by atomic mass is 10.6. The van der Waals surface area contributed by atoms with Crippen LogP contribution >= 0.6 is 0 Å². The second-order valence-electron chi connectivity index (χ2n) is 1.68. The molecule has 0 aliphatic carbocycles. The zero-order valence-corrected chi connectivity index (χ0v) is 5.19. The van der Waals surface area contributed by atoms with E-state index in [4.69, 9.17) is 5.26 Å². The summed E-state index contributed by atoms with van der Waals surface area (Å²) in [6, 6.07) is 1.85. The number of aromatic nitrogens is 2. The molecule has 0 atom stereocenters. The number of aldehydes is 1. The summed E-state index contributed by atoms with van der Waals surface area (Å²) >= 11 is 0. The lowest BCUT2D eigenvalue weighted by Gasteiger charge is -1.92. The van der Waals surface area contributed by atoms with Gasteiger partial charge in [0, 0.05) is 12.4 Å². The second-order valence-corrected chi connectivity index (χ2v) is 1.68. The predicted octanol–water partition coefficient (Wildman–Crippen LogP) is -0.0463. The highest BCUT2D eigenvalue weighted by molar-refractivity contribution is 5.49. The van der Waals surface area contributed by atoms with Gasteiger partial charge in [0.25, 0.3) is 0 Å². The summed E-state index contributed by atoms with van der Waals surface area (Å²) in [5.74, 6) is 0.270. The molecule has 0 aliphatic rings. The third-order valence-electron chi connectivity index (χ3n) is 1.09. The Morgan fingerprint density at radius 2 is 2.70 bits per heavy atom. The Hall–Kier alpha value is -1.63. The second kappa shape index (κ2) is 2.78. The van der Waals surface area contributed by atoms with Crippen LogP contribution in [0.5, 0.6) is 0 Å². The quantitative estimate of drug-likeness (QED) is 0.534. The van der Waals surface area contributed by atoms with Crippen LogP contribution in [0, 0.1) is 11.3 Å². The van der Waals surface area contributed by atoms with Gasteiger partial charge in [-0.2, -0.15) is 5.26 Å². The molecule has 4 nitrogen and oxygen atoms in total. The fraction of sp³-hybridized carbons (Fsp3) is 0.167. The number of imidazole rings is 1. The minimum absolute atomic E-state index is 0.197. The van der Waals surface area contributed by atoms with Gasteiger partial charge in [-0.05, 0) is 0 Å². The van der Waals surface area contributed by atoms with E-state index in [0.717, 1.165) is 6.29 Å². The molecule has 0 aliphatic heterocycles. The topological polar surface area (TPSA) is 58.7 Å². The Morgan fingerprint density at radius 3 is 3.30 bits per heavy atom. The number of hydrogen-bond donors (Lipinski definition) is 0. The zero-order valence-electron chi connectivity index (χ0n) is 5.19. The summed E-state index contributed by atoms with van der Waals surface area (Å²) in [6.07, 6.45) is 3.80. The van der Waals surface area contributed by atoms with Crippen LogP contribution in [-0.4, -0.2) is 15.8 Å². The summed E-state index contributed by atoms with van der Waals surface area (Å²) in [5, 5.41) is 8.38. The Morgan fingerprint density at radius 1 is 1.90 bits per heavy atom. The largest absolute Gasteiger partial charge is 0.316 e. The van der Waals surface area contributed by atoms with Crippen molar-refractivity contribution in [1.82, 2.24) is 9.55 Å². The SMILES string of the molecule is N#Cc1nccn1CC=O. The molecule has 10 heavy (non-hydrogen) atoms. The molecule has 0 fully saturated rings. The van der Waals surface area contributed by atoms with Crippen molar-refractivity contribution in [3.05, 3.63) is 18.2 Å². The van der Waals surface area contributed by atoms with Gasteiger partial charge in [-0.1, -0.05) is 0 Å². The molecule has 0 spiro atoms. The van der Waals surface area contributed by atoms with E-state index in [1.54, 1.807) is 6.20 Å². The highest BCUT2D eigenvalue weighted by Gasteiger charge is 1.97. The monoisotopic (exact) mass is 135 g/mol. The molecule has 1 aromatic rings. The van der Waals surface area contributed by atoms with E-state index in [1.807, 2.05) is 6.07 Å². The maximum absolute atomic E-state index is 9.98. The van der Waals surface area contributed by atoms with Crippen LogP contribution in [0.15, 0.2) is 12.4 Å². The highest BCUT2D eigenvalue weighted by atomic mass is 16.1. The molecule has 0 amide bonds. The van der Waals surface area contributed by atoms with Gasteiger partial charge in [0.2, 0.25) is 5.82 Å². The van der Waals surface area contributed by atoms with E-state index in [-0.39, 0.29) is 12.4 Å². The number of carbonyl (C=O) groups is 1. The van der Waals surface area contributed by atoms with Crippen LogP contribution in [0.25, 0.3) is 0 Å². The highest BCUT2D eigenvalue weighted by Crippen LogP contribution is 1.92. The lowest BCUT2D eigenvalue weighted by Crippen LogP contribution is -1.99. The first-order chi connectivity index (χ1) is 4.88. The van der Waals surface area contributed by atoms with Gasteiger partial charge in [0.05, 0.1) is 6.54 Å². The molecule has 0 N–H and O–H groups in total. The first kappa shape index (κ1) is 6.49. The van der Waals surface area contributed by atoms with Gasteiger partial charge in [-0.3, -0.25) is 0 Å². The minimum atomic E-state index is 0.197. The van der Waals surface area contributed by atoms with Crippen LogP contribution in [0.3, 0.4) is 0 Å². The van der Waals surface area contributed by atoms with Crippen molar-refractivity contribution in [2.45, 2.75) is 6.54 Å². The Balaban J connectivity index is 2.92. The average molecular weight is 135 g/mol. The van der Waals surface area contributed by atoms with Gasteiger partial charge >= 0.3 is 0 Å². The summed E-state index contributed by atoms with van der Waals surface area (Å²) in [7, 11) is 0. The molecule has 1 aromatic heterocycles. The molecule has 0 unspecified atom stereocenters. The van der Waals surface area contributed by atoms with Gasteiger partial charge in [-0.15, -0.1) is 0 Å².